The van der Waals surface area contributed by atoms with Crippen molar-refractivity contribution >= 4 is 17.5 Å². The number of nitrogens with one attached hydrogen (secondary N) is 1. The van der Waals surface area contributed by atoms with E-state index >= 15 is 0 Å². The first kappa shape index (κ1) is 18.5. The van der Waals surface area contributed by atoms with Gasteiger partial charge in [0, 0.05) is 10.6 Å². The Hall–Kier alpha value is -1.84. The summed E-state index contributed by atoms with van der Waals surface area (Å²) in [5, 5.41) is 5.80. The van der Waals surface area contributed by atoms with E-state index < -0.39 is 0 Å². The summed E-state index contributed by atoms with van der Waals surface area (Å²) in [6.07, 6.45) is 1.02. The summed E-state index contributed by atoms with van der Waals surface area (Å²) in [7, 11) is 0. The van der Waals surface area contributed by atoms with Crippen LogP contribution >= 0.6 is 11.6 Å². The molecule has 0 fully saturated rings. The SMILES string of the molecule is CCc1ccc([C@@H](C)NC(=O)C[NH2+][C@@H](C)c2ccccc2Cl)cc1. The van der Waals surface area contributed by atoms with Crippen molar-refractivity contribution in [2.45, 2.75) is 39.3 Å². The normalized spacial score (nSPS) is 13.3. The summed E-state index contributed by atoms with van der Waals surface area (Å²) in [4.78, 5) is 12.2. The van der Waals surface area contributed by atoms with Gasteiger partial charge in [0.25, 0.3) is 5.91 Å². The number of hydrogen-bond acceptors (Lipinski definition) is 1. The Morgan fingerprint density at radius 2 is 1.79 bits per heavy atom. The highest BCUT2D eigenvalue weighted by Crippen LogP contribution is 2.19. The molecule has 0 aliphatic heterocycles. The van der Waals surface area contributed by atoms with Crippen molar-refractivity contribution < 1.29 is 10.1 Å². The number of rotatable bonds is 7. The number of halogens is 1. The number of carbonyl (C=O) groups excluding carboxylic acids is 1. The molecule has 0 heterocycles. The van der Waals surface area contributed by atoms with Crippen LogP contribution in [0, 0.1) is 0 Å². The van der Waals surface area contributed by atoms with Gasteiger partial charge in [0.2, 0.25) is 0 Å². The second kappa shape index (κ2) is 8.86. The van der Waals surface area contributed by atoms with E-state index in [0.717, 1.165) is 22.6 Å². The largest absolute Gasteiger partial charge is 0.345 e. The van der Waals surface area contributed by atoms with Crippen LogP contribution in [0.4, 0.5) is 0 Å². The molecule has 0 unspecified atom stereocenters. The fourth-order valence-electron chi connectivity index (χ4n) is 2.68. The topological polar surface area (TPSA) is 45.7 Å². The van der Waals surface area contributed by atoms with Gasteiger partial charge in [-0.25, -0.2) is 0 Å². The highest BCUT2D eigenvalue weighted by atomic mass is 35.5. The number of quaternary nitrogens is 1. The van der Waals surface area contributed by atoms with Crippen LogP contribution in [0.3, 0.4) is 0 Å². The molecule has 2 atom stereocenters. The third kappa shape index (κ3) is 5.08. The Balaban J connectivity index is 1.85. The van der Waals surface area contributed by atoms with Gasteiger partial charge in [-0.1, -0.05) is 61.0 Å². The minimum absolute atomic E-state index is 0.00688. The number of nitrogens with two attached hydrogens (primary N) is 1. The lowest BCUT2D eigenvalue weighted by Crippen LogP contribution is -2.87. The quantitative estimate of drug-likeness (QED) is 0.793. The Morgan fingerprint density at radius 3 is 2.42 bits per heavy atom. The number of amides is 1. The van der Waals surface area contributed by atoms with E-state index in [-0.39, 0.29) is 18.0 Å². The van der Waals surface area contributed by atoms with Gasteiger partial charge in [-0.2, -0.15) is 0 Å². The van der Waals surface area contributed by atoms with Crippen LogP contribution < -0.4 is 10.6 Å². The van der Waals surface area contributed by atoms with Crippen molar-refractivity contribution in [1.82, 2.24) is 5.32 Å². The first-order valence-electron chi connectivity index (χ1n) is 8.47. The molecule has 3 N–H and O–H groups in total. The first-order chi connectivity index (χ1) is 11.5. The molecule has 0 aliphatic rings. The predicted octanol–water partition coefficient (Wildman–Crippen LogP) is 3.40. The molecule has 3 nitrogen and oxygen atoms in total. The maximum Gasteiger partial charge on any atom is 0.275 e. The van der Waals surface area contributed by atoms with E-state index in [0.29, 0.717) is 6.54 Å². The van der Waals surface area contributed by atoms with Gasteiger partial charge in [0.1, 0.15) is 6.04 Å². The minimum atomic E-state index is 0.00688. The maximum absolute atomic E-state index is 12.2. The maximum atomic E-state index is 12.2. The minimum Gasteiger partial charge on any atom is -0.345 e. The van der Waals surface area contributed by atoms with Crippen LogP contribution in [-0.4, -0.2) is 12.5 Å². The van der Waals surface area contributed by atoms with E-state index in [2.05, 4.69) is 43.4 Å². The highest BCUT2D eigenvalue weighted by molar-refractivity contribution is 6.31. The molecule has 4 heteroatoms. The molecular weight excluding hydrogens is 320 g/mol. The number of carbonyl (C=O) groups is 1. The average Bonchev–Trinajstić information content (AvgIpc) is 2.60. The second-order valence-corrected chi connectivity index (χ2v) is 6.54. The lowest BCUT2D eigenvalue weighted by molar-refractivity contribution is -0.682. The monoisotopic (exact) mass is 345 g/mol. The standard InChI is InChI=1S/C20H25ClN2O/c1-4-16-9-11-17(12-10-16)14(2)23-20(24)13-22-15(3)18-7-5-6-8-19(18)21/h5-12,14-15,22H,4,13H2,1-3H3,(H,23,24)/p+1/t14-,15+/m1/s1. The summed E-state index contributed by atoms with van der Waals surface area (Å²) >= 11 is 6.20. The molecule has 2 aromatic carbocycles. The Bertz CT molecular complexity index is 670. The average molecular weight is 346 g/mol. The molecule has 128 valence electrons. The van der Waals surface area contributed by atoms with Gasteiger partial charge in [0.05, 0.1) is 6.04 Å². The molecule has 2 rings (SSSR count). The first-order valence-corrected chi connectivity index (χ1v) is 8.85. The third-order valence-corrected chi connectivity index (χ3v) is 4.66. The van der Waals surface area contributed by atoms with E-state index in [1.165, 1.54) is 5.56 Å². The van der Waals surface area contributed by atoms with Crippen molar-refractivity contribution in [3.05, 3.63) is 70.2 Å². The zero-order valence-corrected chi connectivity index (χ0v) is 15.3. The molecule has 0 bridgehead atoms. The number of aryl methyl sites for hydroxylation is 1. The molecule has 24 heavy (non-hydrogen) atoms. The van der Waals surface area contributed by atoms with Crippen molar-refractivity contribution in [2.24, 2.45) is 0 Å². The summed E-state index contributed by atoms with van der Waals surface area (Å²) < 4.78 is 0. The van der Waals surface area contributed by atoms with E-state index in [4.69, 9.17) is 11.6 Å². The fraction of sp³-hybridized carbons (Fsp3) is 0.350. The van der Waals surface area contributed by atoms with Crippen molar-refractivity contribution in [3.63, 3.8) is 0 Å². The predicted molar refractivity (Wildman–Crippen MR) is 99.0 cm³/mol. The van der Waals surface area contributed by atoms with E-state index in [9.17, 15) is 4.79 Å². The van der Waals surface area contributed by atoms with Crippen LogP contribution in [-0.2, 0) is 11.2 Å². The van der Waals surface area contributed by atoms with Crippen LogP contribution in [0.15, 0.2) is 48.5 Å². The van der Waals surface area contributed by atoms with Crippen LogP contribution in [0.1, 0.15) is 49.5 Å². The van der Waals surface area contributed by atoms with Crippen LogP contribution in [0.2, 0.25) is 5.02 Å². The summed E-state index contributed by atoms with van der Waals surface area (Å²) in [5.74, 6) is 0.0287. The number of benzene rings is 2. The molecule has 0 radical (unpaired) electrons. The molecule has 0 saturated heterocycles. The zero-order valence-electron chi connectivity index (χ0n) is 14.6. The van der Waals surface area contributed by atoms with Gasteiger partial charge in [-0.05, 0) is 37.5 Å². The zero-order chi connectivity index (χ0) is 17.5. The smallest absolute Gasteiger partial charge is 0.275 e. The van der Waals surface area contributed by atoms with Gasteiger partial charge in [-0.3, -0.25) is 4.79 Å². The molecule has 0 saturated carbocycles. The van der Waals surface area contributed by atoms with E-state index in [1.807, 2.05) is 36.5 Å². The lowest BCUT2D eigenvalue weighted by Gasteiger charge is -2.16. The highest BCUT2D eigenvalue weighted by Gasteiger charge is 2.15. The third-order valence-electron chi connectivity index (χ3n) is 4.32. The van der Waals surface area contributed by atoms with Crippen LogP contribution in [0.5, 0.6) is 0 Å². The van der Waals surface area contributed by atoms with Gasteiger partial charge in [0.15, 0.2) is 6.54 Å². The molecule has 1 amide bonds. The van der Waals surface area contributed by atoms with Gasteiger partial charge < -0.3 is 10.6 Å². The Morgan fingerprint density at radius 1 is 1.12 bits per heavy atom. The fourth-order valence-corrected chi connectivity index (χ4v) is 2.99. The van der Waals surface area contributed by atoms with Crippen LogP contribution in [0.25, 0.3) is 0 Å². The van der Waals surface area contributed by atoms with Gasteiger partial charge in [-0.15, -0.1) is 0 Å². The number of hydrogen-bond donors (Lipinski definition) is 2. The molecular formula is C20H26ClN2O+. The molecule has 0 aromatic heterocycles. The van der Waals surface area contributed by atoms with E-state index in [1.54, 1.807) is 0 Å². The Kier molecular flexibility index (Phi) is 6.83. The Labute approximate surface area is 149 Å². The van der Waals surface area contributed by atoms with Gasteiger partial charge >= 0.3 is 0 Å². The second-order valence-electron chi connectivity index (χ2n) is 6.13. The summed E-state index contributed by atoms with van der Waals surface area (Å²) in [6, 6.07) is 16.3. The lowest BCUT2D eigenvalue weighted by atomic mass is 10.0. The van der Waals surface area contributed by atoms with Crippen molar-refractivity contribution in [3.8, 4) is 0 Å². The van der Waals surface area contributed by atoms with Crippen molar-refractivity contribution in [2.75, 3.05) is 6.54 Å². The summed E-state index contributed by atoms with van der Waals surface area (Å²) in [6.45, 7) is 6.58. The summed E-state index contributed by atoms with van der Waals surface area (Å²) in [5.41, 5.74) is 3.48. The molecule has 0 aliphatic carbocycles. The molecule has 0 spiro atoms. The van der Waals surface area contributed by atoms with Crippen molar-refractivity contribution in [1.29, 1.82) is 0 Å². The molecule has 2 aromatic rings.